The first-order valence-corrected chi connectivity index (χ1v) is 8.42. The number of carbonyl (C=O) groups is 2. The van der Waals surface area contributed by atoms with E-state index in [0.717, 1.165) is 6.54 Å². The Morgan fingerprint density at radius 2 is 2.04 bits per heavy atom. The first-order valence-electron chi connectivity index (χ1n) is 7.47. The van der Waals surface area contributed by atoms with Crippen LogP contribution in [0.4, 0.5) is 5.69 Å². The number of thiophene rings is 1. The van der Waals surface area contributed by atoms with Crippen molar-refractivity contribution in [1.82, 2.24) is 5.32 Å². The predicted molar refractivity (Wildman–Crippen MR) is 93.1 cm³/mol. The van der Waals surface area contributed by atoms with E-state index in [1.807, 2.05) is 7.05 Å². The average molecular weight is 348 g/mol. The molecule has 1 aliphatic heterocycles. The van der Waals surface area contributed by atoms with Crippen molar-refractivity contribution in [3.8, 4) is 0 Å². The Balaban J connectivity index is 0.000000219. The predicted octanol–water partition coefficient (Wildman–Crippen LogP) is 1.71. The zero-order chi connectivity index (χ0) is 17.6. The number of hydrogen-bond acceptors (Lipinski definition) is 5. The van der Waals surface area contributed by atoms with E-state index in [0.29, 0.717) is 5.69 Å². The lowest BCUT2D eigenvalue weighted by atomic mass is 10.0. The highest BCUT2D eigenvalue weighted by atomic mass is 32.1. The molecule has 0 unspecified atom stereocenters. The van der Waals surface area contributed by atoms with Crippen molar-refractivity contribution < 1.29 is 19.8 Å². The lowest BCUT2D eigenvalue weighted by molar-refractivity contribution is -0.162. The van der Waals surface area contributed by atoms with Crippen molar-refractivity contribution in [2.45, 2.75) is 18.6 Å². The van der Waals surface area contributed by atoms with Gasteiger partial charge in [-0.1, -0.05) is 18.2 Å². The number of hydrogen-bond donors (Lipinski definition) is 3. The minimum Gasteiger partial charge on any atom is -0.479 e. The van der Waals surface area contributed by atoms with E-state index in [9.17, 15) is 14.7 Å². The number of nitrogens with zero attached hydrogens (tertiary/aromatic N) is 1. The number of carboxylic acids is 1. The quantitative estimate of drug-likeness (QED) is 0.732. The SMILES string of the molecule is CNCc1ccsc1.O=C(O)[C@]1(O)CCN(c2ccccc2)C1=O. The molecule has 0 radical (unpaired) electrons. The standard InChI is InChI=1S/C11H11NO4.C6H9NS/c13-9-11(16,10(14)15)6-7-12(9)8-4-2-1-3-5-8;1-7-4-6-2-3-8-5-6/h1-5,16H,6-7H2,(H,14,15);2-3,5,7H,4H2,1H3/t11-;/m0./s1. The maximum Gasteiger partial charge on any atom is 0.345 e. The van der Waals surface area contributed by atoms with Crippen molar-refractivity contribution >= 4 is 28.9 Å². The number of rotatable bonds is 4. The molecule has 1 fully saturated rings. The van der Waals surface area contributed by atoms with E-state index in [-0.39, 0.29) is 13.0 Å². The number of aliphatic hydroxyl groups is 1. The van der Waals surface area contributed by atoms with Gasteiger partial charge in [-0.15, -0.1) is 0 Å². The summed E-state index contributed by atoms with van der Waals surface area (Å²) < 4.78 is 0. The molecule has 1 amide bonds. The molecule has 7 heteroatoms. The molecule has 1 aromatic carbocycles. The third kappa shape index (κ3) is 4.00. The Labute approximate surface area is 144 Å². The minimum atomic E-state index is -2.27. The van der Waals surface area contributed by atoms with E-state index < -0.39 is 17.5 Å². The lowest BCUT2D eigenvalue weighted by Gasteiger charge is -2.18. The number of anilines is 1. The Morgan fingerprint density at radius 1 is 1.33 bits per heavy atom. The maximum atomic E-state index is 11.8. The Morgan fingerprint density at radius 3 is 2.54 bits per heavy atom. The van der Waals surface area contributed by atoms with Gasteiger partial charge in [0.2, 0.25) is 5.60 Å². The normalized spacial score (nSPS) is 19.8. The summed E-state index contributed by atoms with van der Waals surface area (Å²) in [6.07, 6.45) is -0.0872. The fourth-order valence-corrected chi connectivity index (χ4v) is 3.02. The van der Waals surface area contributed by atoms with Gasteiger partial charge in [0.1, 0.15) is 0 Å². The molecule has 128 valence electrons. The topological polar surface area (TPSA) is 89.9 Å². The smallest absolute Gasteiger partial charge is 0.345 e. The molecule has 24 heavy (non-hydrogen) atoms. The van der Waals surface area contributed by atoms with Gasteiger partial charge in [0.05, 0.1) is 0 Å². The van der Waals surface area contributed by atoms with Gasteiger partial charge >= 0.3 is 5.97 Å². The van der Waals surface area contributed by atoms with Gasteiger partial charge in [-0.2, -0.15) is 11.3 Å². The molecule has 0 bridgehead atoms. The second-order valence-corrected chi connectivity index (χ2v) is 6.15. The summed E-state index contributed by atoms with van der Waals surface area (Å²) in [6.45, 7) is 1.20. The molecule has 1 atom stereocenters. The van der Waals surface area contributed by atoms with E-state index in [4.69, 9.17) is 5.11 Å². The van der Waals surface area contributed by atoms with Gasteiger partial charge in [-0.3, -0.25) is 4.79 Å². The van der Waals surface area contributed by atoms with Crippen LogP contribution >= 0.6 is 11.3 Å². The highest BCUT2D eigenvalue weighted by Crippen LogP contribution is 2.28. The third-order valence-corrected chi connectivity index (χ3v) is 4.41. The molecule has 2 heterocycles. The van der Waals surface area contributed by atoms with Crippen molar-refractivity contribution in [2.75, 3.05) is 18.5 Å². The van der Waals surface area contributed by atoms with Gasteiger partial charge < -0.3 is 20.4 Å². The van der Waals surface area contributed by atoms with E-state index in [1.165, 1.54) is 10.5 Å². The third-order valence-electron chi connectivity index (χ3n) is 3.68. The number of aliphatic carboxylic acids is 1. The molecular weight excluding hydrogens is 328 g/mol. The van der Waals surface area contributed by atoms with E-state index >= 15 is 0 Å². The van der Waals surface area contributed by atoms with Crippen LogP contribution in [0.3, 0.4) is 0 Å². The van der Waals surface area contributed by atoms with Crippen LogP contribution in [0.2, 0.25) is 0 Å². The fraction of sp³-hybridized carbons (Fsp3) is 0.294. The second kappa shape index (κ2) is 8.05. The zero-order valence-corrected chi connectivity index (χ0v) is 14.1. The van der Waals surface area contributed by atoms with Gasteiger partial charge in [0, 0.05) is 25.2 Å². The summed E-state index contributed by atoms with van der Waals surface area (Å²) in [5.41, 5.74) is -0.294. The second-order valence-electron chi connectivity index (χ2n) is 5.37. The largest absolute Gasteiger partial charge is 0.479 e. The molecular formula is C17H20N2O4S. The summed E-state index contributed by atoms with van der Waals surface area (Å²) >= 11 is 1.74. The van der Waals surface area contributed by atoms with Crippen LogP contribution in [0.1, 0.15) is 12.0 Å². The van der Waals surface area contributed by atoms with Gasteiger partial charge in [-0.05, 0) is 41.6 Å². The van der Waals surface area contributed by atoms with E-state index in [2.05, 4.69) is 22.1 Å². The summed E-state index contributed by atoms with van der Waals surface area (Å²) in [4.78, 5) is 23.9. The first-order chi connectivity index (χ1) is 11.5. The molecule has 3 N–H and O–H groups in total. The van der Waals surface area contributed by atoms with Crippen molar-refractivity contribution in [2.24, 2.45) is 0 Å². The molecule has 1 aromatic heterocycles. The van der Waals surface area contributed by atoms with E-state index in [1.54, 1.807) is 41.7 Å². The summed E-state index contributed by atoms with van der Waals surface area (Å²) in [5, 5.41) is 25.8. The summed E-state index contributed by atoms with van der Waals surface area (Å²) in [5.74, 6) is -2.26. The number of carbonyl (C=O) groups excluding carboxylic acids is 1. The summed E-state index contributed by atoms with van der Waals surface area (Å²) in [6, 6.07) is 10.8. The Bertz CT molecular complexity index is 675. The van der Waals surface area contributed by atoms with Crippen LogP contribution in [-0.4, -0.2) is 41.3 Å². The van der Waals surface area contributed by atoms with Crippen molar-refractivity contribution in [3.63, 3.8) is 0 Å². The van der Waals surface area contributed by atoms with Crippen LogP contribution in [0.25, 0.3) is 0 Å². The minimum absolute atomic E-state index is 0.0872. The van der Waals surface area contributed by atoms with Crippen molar-refractivity contribution in [1.29, 1.82) is 0 Å². The van der Waals surface area contributed by atoms with Crippen LogP contribution in [0.5, 0.6) is 0 Å². The molecule has 2 aromatic rings. The number of amides is 1. The lowest BCUT2D eigenvalue weighted by Crippen LogP contribution is -2.46. The molecule has 0 saturated carbocycles. The summed E-state index contributed by atoms with van der Waals surface area (Å²) in [7, 11) is 1.96. The number of nitrogens with one attached hydrogen (secondary N) is 1. The first kappa shape index (κ1) is 18.1. The van der Waals surface area contributed by atoms with Gasteiger partial charge in [0.25, 0.3) is 5.91 Å². The van der Waals surface area contributed by atoms with Crippen LogP contribution in [0, 0.1) is 0 Å². The van der Waals surface area contributed by atoms with Crippen LogP contribution in [-0.2, 0) is 16.1 Å². The number of para-hydroxylation sites is 1. The maximum absolute atomic E-state index is 11.8. The highest BCUT2D eigenvalue weighted by Gasteiger charge is 2.52. The van der Waals surface area contributed by atoms with Crippen LogP contribution < -0.4 is 10.2 Å². The molecule has 6 nitrogen and oxygen atoms in total. The Hall–Kier alpha value is -2.22. The van der Waals surface area contributed by atoms with Gasteiger partial charge in [-0.25, -0.2) is 4.79 Å². The van der Waals surface area contributed by atoms with Crippen LogP contribution in [0.15, 0.2) is 47.2 Å². The average Bonchev–Trinajstić information content (AvgIpc) is 3.19. The zero-order valence-electron chi connectivity index (χ0n) is 13.3. The Kier molecular flexibility index (Phi) is 6.08. The number of benzene rings is 1. The molecule has 1 saturated heterocycles. The van der Waals surface area contributed by atoms with Gasteiger partial charge in [0.15, 0.2) is 0 Å². The monoisotopic (exact) mass is 348 g/mol. The molecule has 0 spiro atoms. The molecule has 0 aliphatic carbocycles. The highest BCUT2D eigenvalue weighted by molar-refractivity contribution is 7.07. The van der Waals surface area contributed by atoms with Crippen molar-refractivity contribution in [3.05, 3.63) is 52.7 Å². The number of carboxylic acid groups (broad SMARTS) is 1. The molecule has 1 aliphatic rings. The molecule has 3 rings (SSSR count). The fourth-order valence-electron chi connectivity index (χ4n) is 2.36.